The molecule has 2 aliphatic heterocycles. The first-order valence-corrected chi connectivity index (χ1v) is 7.68. The number of nitrogens with one attached hydrogen (secondary N) is 1. The lowest BCUT2D eigenvalue weighted by atomic mass is 9.89. The molecule has 120 valence electrons. The van der Waals surface area contributed by atoms with Crippen LogP contribution in [0.25, 0.3) is 0 Å². The Morgan fingerprint density at radius 1 is 1.00 bits per heavy atom. The number of hydrogen-bond donors (Lipinski definition) is 1. The topological polar surface area (TPSA) is 49.0 Å². The third-order valence-electron chi connectivity index (χ3n) is 4.43. The highest BCUT2D eigenvalue weighted by molar-refractivity contribution is 5.53. The summed E-state index contributed by atoms with van der Waals surface area (Å²) < 4.78 is 21.8. The van der Waals surface area contributed by atoms with Crippen molar-refractivity contribution in [2.24, 2.45) is 0 Å². The molecule has 0 bridgehead atoms. The summed E-state index contributed by atoms with van der Waals surface area (Å²) in [5, 5.41) is 3.58. The van der Waals surface area contributed by atoms with Gasteiger partial charge in [0, 0.05) is 6.54 Å². The SMILES string of the molecule is COc1cc2c(cc1OC)[C@@H](c1ccc3c(c1)OCO3)NCC2. The molecule has 0 unspecified atom stereocenters. The van der Waals surface area contributed by atoms with Crippen LogP contribution < -0.4 is 24.3 Å². The van der Waals surface area contributed by atoms with Crippen LogP contribution in [0.4, 0.5) is 0 Å². The van der Waals surface area contributed by atoms with Gasteiger partial charge in [-0.3, -0.25) is 0 Å². The van der Waals surface area contributed by atoms with E-state index < -0.39 is 0 Å². The molecule has 5 nitrogen and oxygen atoms in total. The van der Waals surface area contributed by atoms with E-state index in [2.05, 4.69) is 23.5 Å². The zero-order chi connectivity index (χ0) is 15.8. The van der Waals surface area contributed by atoms with E-state index in [-0.39, 0.29) is 6.04 Å². The highest BCUT2D eigenvalue weighted by atomic mass is 16.7. The number of rotatable bonds is 3. The summed E-state index contributed by atoms with van der Waals surface area (Å²) in [6.45, 7) is 1.21. The lowest BCUT2D eigenvalue weighted by Crippen LogP contribution is -2.30. The molecule has 4 rings (SSSR count). The van der Waals surface area contributed by atoms with Crippen LogP contribution in [-0.2, 0) is 6.42 Å². The molecule has 2 aromatic rings. The molecule has 0 fully saturated rings. The van der Waals surface area contributed by atoms with Crippen molar-refractivity contribution in [3.63, 3.8) is 0 Å². The molecule has 0 amide bonds. The third kappa shape index (κ3) is 2.37. The van der Waals surface area contributed by atoms with E-state index in [0.717, 1.165) is 41.5 Å². The van der Waals surface area contributed by atoms with Gasteiger partial charge in [-0.25, -0.2) is 0 Å². The van der Waals surface area contributed by atoms with Gasteiger partial charge >= 0.3 is 0 Å². The molecule has 1 N–H and O–H groups in total. The van der Waals surface area contributed by atoms with Gasteiger partial charge in [0.2, 0.25) is 6.79 Å². The molecule has 5 heteroatoms. The zero-order valence-corrected chi connectivity index (χ0v) is 13.2. The number of benzene rings is 2. The van der Waals surface area contributed by atoms with Crippen molar-refractivity contribution < 1.29 is 18.9 Å². The summed E-state index contributed by atoms with van der Waals surface area (Å²) in [7, 11) is 3.33. The van der Waals surface area contributed by atoms with Gasteiger partial charge in [0.15, 0.2) is 23.0 Å². The Labute approximate surface area is 135 Å². The van der Waals surface area contributed by atoms with Gasteiger partial charge in [-0.1, -0.05) is 6.07 Å². The van der Waals surface area contributed by atoms with E-state index in [1.165, 1.54) is 11.1 Å². The average molecular weight is 313 g/mol. The average Bonchev–Trinajstić information content (AvgIpc) is 3.07. The smallest absolute Gasteiger partial charge is 0.231 e. The van der Waals surface area contributed by atoms with Gasteiger partial charge in [0.1, 0.15) is 0 Å². The minimum atomic E-state index is 0.105. The van der Waals surface area contributed by atoms with E-state index in [1.54, 1.807) is 14.2 Å². The molecule has 0 saturated carbocycles. The third-order valence-corrected chi connectivity index (χ3v) is 4.43. The maximum atomic E-state index is 5.50. The summed E-state index contributed by atoms with van der Waals surface area (Å²) in [6, 6.07) is 10.3. The van der Waals surface area contributed by atoms with E-state index in [1.807, 2.05) is 12.1 Å². The second-order valence-corrected chi connectivity index (χ2v) is 5.66. The molecule has 0 aromatic heterocycles. The van der Waals surface area contributed by atoms with Crippen LogP contribution in [0, 0.1) is 0 Å². The normalized spacial score (nSPS) is 18.4. The van der Waals surface area contributed by atoms with Crippen molar-refractivity contribution in [1.82, 2.24) is 5.32 Å². The Hall–Kier alpha value is -2.40. The van der Waals surface area contributed by atoms with Crippen molar-refractivity contribution in [3.05, 3.63) is 47.0 Å². The van der Waals surface area contributed by atoms with Crippen LogP contribution in [0.1, 0.15) is 22.7 Å². The van der Waals surface area contributed by atoms with Crippen molar-refractivity contribution in [3.8, 4) is 23.0 Å². The molecular formula is C18H19NO4. The van der Waals surface area contributed by atoms with E-state index in [4.69, 9.17) is 18.9 Å². The van der Waals surface area contributed by atoms with Crippen LogP contribution >= 0.6 is 0 Å². The van der Waals surface area contributed by atoms with E-state index in [9.17, 15) is 0 Å². The first-order valence-electron chi connectivity index (χ1n) is 7.68. The van der Waals surface area contributed by atoms with Gasteiger partial charge in [0.25, 0.3) is 0 Å². The molecule has 2 aliphatic rings. The molecular weight excluding hydrogens is 294 g/mol. The fraction of sp³-hybridized carbons (Fsp3) is 0.333. The highest BCUT2D eigenvalue weighted by Crippen LogP contribution is 2.40. The summed E-state index contributed by atoms with van der Waals surface area (Å²) >= 11 is 0. The highest BCUT2D eigenvalue weighted by Gasteiger charge is 2.25. The first kappa shape index (κ1) is 14.2. The lowest BCUT2D eigenvalue weighted by molar-refractivity contribution is 0.174. The largest absolute Gasteiger partial charge is 0.493 e. The molecule has 23 heavy (non-hydrogen) atoms. The Balaban J connectivity index is 1.78. The van der Waals surface area contributed by atoms with Crippen LogP contribution in [0.3, 0.4) is 0 Å². The number of hydrogen-bond acceptors (Lipinski definition) is 5. The molecule has 0 saturated heterocycles. The molecule has 0 aliphatic carbocycles. The van der Waals surface area contributed by atoms with Gasteiger partial charge in [-0.15, -0.1) is 0 Å². The van der Waals surface area contributed by atoms with Gasteiger partial charge < -0.3 is 24.3 Å². The lowest BCUT2D eigenvalue weighted by Gasteiger charge is -2.28. The van der Waals surface area contributed by atoms with E-state index >= 15 is 0 Å². The monoisotopic (exact) mass is 313 g/mol. The predicted octanol–water partition coefficient (Wildman–Crippen LogP) is 2.67. The number of fused-ring (bicyclic) bond motifs is 2. The van der Waals surface area contributed by atoms with Gasteiger partial charge in [0.05, 0.1) is 20.3 Å². The molecule has 0 spiro atoms. The summed E-state index contributed by atoms with van der Waals surface area (Å²) in [6.07, 6.45) is 0.969. The predicted molar refractivity (Wildman–Crippen MR) is 85.7 cm³/mol. The quantitative estimate of drug-likeness (QED) is 0.944. The Kier molecular flexibility index (Phi) is 3.50. The second kappa shape index (κ2) is 5.66. The van der Waals surface area contributed by atoms with E-state index in [0.29, 0.717) is 6.79 Å². The standard InChI is InChI=1S/C18H19NO4/c1-20-15-7-11-5-6-19-18(13(11)9-16(15)21-2)12-3-4-14-17(8-12)23-10-22-14/h3-4,7-9,18-19H,5-6,10H2,1-2H3/t18-/m1/s1. The molecule has 2 aromatic carbocycles. The van der Waals surface area contributed by atoms with Crippen LogP contribution in [0.15, 0.2) is 30.3 Å². The van der Waals surface area contributed by atoms with Crippen LogP contribution in [0.5, 0.6) is 23.0 Å². The maximum Gasteiger partial charge on any atom is 0.231 e. The van der Waals surface area contributed by atoms with Gasteiger partial charge in [-0.05, 0) is 47.4 Å². The molecule has 2 heterocycles. The summed E-state index contributed by atoms with van der Waals surface area (Å²) in [4.78, 5) is 0. The van der Waals surface area contributed by atoms with Crippen molar-refractivity contribution in [2.75, 3.05) is 27.6 Å². The summed E-state index contributed by atoms with van der Waals surface area (Å²) in [5.74, 6) is 3.13. The van der Waals surface area contributed by atoms with Gasteiger partial charge in [-0.2, -0.15) is 0 Å². The van der Waals surface area contributed by atoms with Crippen LogP contribution in [-0.4, -0.2) is 27.6 Å². The molecule has 1 atom stereocenters. The number of ether oxygens (including phenoxy) is 4. The van der Waals surface area contributed by atoms with Crippen molar-refractivity contribution >= 4 is 0 Å². The van der Waals surface area contributed by atoms with Crippen LogP contribution in [0.2, 0.25) is 0 Å². The Morgan fingerprint density at radius 3 is 2.61 bits per heavy atom. The fourth-order valence-corrected chi connectivity index (χ4v) is 3.27. The Morgan fingerprint density at radius 2 is 1.78 bits per heavy atom. The summed E-state index contributed by atoms with van der Waals surface area (Å²) in [5.41, 5.74) is 3.65. The number of methoxy groups -OCH3 is 2. The zero-order valence-electron chi connectivity index (χ0n) is 13.2. The fourth-order valence-electron chi connectivity index (χ4n) is 3.27. The minimum Gasteiger partial charge on any atom is -0.493 e. The minimum absolute atomic E-state index is 0.105. The maximum absolute atomic E-state index is 5.50. The molecule has 0 radical (unpaired) electrons. The first-order chi connectivity index (χ1) is 11.3. The second-order valence-electron chi connectivity index (χ2n) is 5.66. The Bertz CT molecular complexity index is 744. The van der Waals surface area contributed by atoms with Crippen molar-refractivity contribution in [1.29, 1.82) is 0 Å². The van der Waals surface area contributed by atoms with Crippen molar-refractivity contribution in [2.45, 2.75) is 12.5 Å².